The largest absolute Gasteiger partial charge is 0.499 e. The lowest BCUT2D eigenvalue weighted by Gasteiger charge is -2.49. The fraction of sp³-hybridized carbons (Fsp3) is 0.593. The minimum atomic E-state index is -1.51. The van der Waals surface area contributed by atoms with Crippen molar-refractivity contribution in [1.29, 1.82) is 0 Å². The maximum Gasteiger partial charge on any atom is 0.327 e. The number of esters is 1. The van der Waals surface area contributed by atoms with Crippen molar-refractivity contribution in [3.05, 3.63) is 41.7 Å². The van der Waals surface area contributed by atoms with E-state index in [1.165, 1.54) is 18.2 Å². The average molecular weight is 578 g/mol. The van der Waals surface area contributed by atoms with Gasteiger partial charge in [0.15, 0.2) is 6.04 Å². The van der Waals surface area contributed by atoms with E-state index in [0.29, 0.717) is 0 Å². The van der Waals surface area contributed by atoms with Crippen LogP contribution in [0.3, 0.4) is 0 Å². The van der Waals surface area contributed by atoms with Crippen molar-refractivity contribution in [2.24, 2.45) is 5.41 Å². The van der Waals surface area contributed by atoms with E-state index in [1.54, 1.807) is 6.08 Å². The van der Waals surface area contributed by atoms with E-state index in [4.69, 9.17) is 34.0 Å². The maximum atomic E-state index is 14.1. The second kappa shape index (κ2) is 12.4. The van der Waals surface area contributed by atoms with Crippen molar-refractivity contribution in [2.45, 2.75) is 62.5 Å². The van der Waals surface area contributed by atoms with Crippen molar-refractivity contribution < 1.29 is 53.5 Å². The van der Waals surface area contributed by atoms with E-state index < -0.39 is 65.8 Å². The van der Waals surface area contributed by atoms with E-state index in [0.717, 1.165) is 11.1 Å². The fourth-order valence-corrected chi connectivity index (χ4v) is 6.03. The van der Waals surface area contributed by atoms with E-state index in [1.807, 2.05) is 24.3 Å². The summed E-state index contributed by atoms with van der Waals surface area (Å²) in [5, 5.41) is 34.8. The number of nitrogens with zero attached hydrogens (tertiary/aromatic N) is 1. The normalized spacial score (nSPS) is 31.8. The Kier molecular flexibility index (Phi) is 8.89. The SMILES string of the molecule is CC(O)C(NC(=O)C12CC3OC(=O)C1N(Cc1cccc(C=COCCO)c1)OC2C1OCOC31)C(=O)NCCO. The highest BCUT2D eigenvalue weighted by Gasteiger charge is 2.74. The number of carbonyl (C=O) groups excluding carboxylic acids is 3. The molecule has 3 heterocycles. The van der Waals surface area contributed by atoms with Gasteiger partial charge in [-0.05, 0) is 24.1 Å². The van der Waals surface area contributed by atoms with Crippen molar-refractivity contribution in [3.8, 4) is 0 Å². The zero-order chi connectivity index (χ0) is 29.1. The van der Waals surface area contributed by atoms with Crippen molar-refractivity contribution in [1.82, 2.24) is 15.7 Å². The molecule has 14 nitrogen and oxygen atoms in total. The molecule has 4 aliphatic rings. The van der Waals surface area contributed by atoms with E-state index in [9.17, 15) is 19.5 Å². The second-order valence-electron chi connectivity index (χ2n) is 10.5. The summed E-state index contributed by atoms with van der Waals surface area (Å²) in [6.45, 7) is 1.11. The fourth-order valence-electron chi connectivity index (χ4n) is 6.03. The van der Waals surface area contributed by atoms with Crippen LogP contribution in [0.15, 0.2) is 30.5 Å². The van der Waals surface area contributed by atoms with Gasteiger partial charge in [0, 0.05) is 13.0 Å². The molecule has 0 spiro atoms. The predicted molar refractivity (Wildman–Crippen MR) is 138 cm³/mol. The first-order chi connectivity index (χ1) is 19.8. The van der Waals surface area contributed by atoms with Crippen LogP contribution < -0.4 is 10.6 Å². The monoisotopic (exact) mass is 577 g/mol. The molecule has 2 amide bonds. The Hall–Kier alpha value is -3.11. The van der Waals surface area contributed by atoms with Gasteiger partial charge < -0.3 is 44.9 Å². The highest BCUT2D eigenvalue weighted by atomic mass is 16.8. The first-order valence-electron chi connectivity index (χ1n) is 13.5. The number of nitrogens with one attached hydrogen (secondary N) is 2. The lowest BCUT2D eigenvalue weighted by molar-refractivity contribution is -0.201. The molecule has 41 heavy (non-hydrogen) atoms. The molecule has 5 N–H and O–H groups in total. The molecule has 4 fully saturated rings. The second-order valence-corrected chi connectivity index (χ2v) is 10.5. The highest BCUT2D eigenvalue weighted by molar-refractivity contribution is 5.96. The third kappa shape index (κ3) is 5.56. The smallest absolute Gasteiger partial charge is 0.327 e. The van der Waals surface area contributed by atoms with Crippen molar-refractivity contribution in [3.63, 3.8) is 0 Å². The van der Waals surface area contributed by atoms with Crippen LogP contribution in [-0.4, -0.2) is 114 Å². The Labute approximate surface area is 236 Å². The number of amides is 2. The lowest BCUT2D eigenvalue weighted by Crippen LogP contribution is -2.71. The van der Waals surface area contributed by atoms with E-state index in [2.05, 4.69) is 10.6 Å². The molecule has 8 unspecified atom stereocenters. The van der Waals surface area contributed by atoms with Gasteiger partial charge in [-0.3, -0.25) is 19.2 Å². The van der Waals surface area contributed by atoms with Gasteiger partial charge in [-0.1, -0.05) is 24.3 Å². The molecule has 5 rings (SSSR count). The number of ether oxygens (including phenoxy) is 4. The number of hydroxylamine groups is 2. The standard InChI is InChI=1S/C27H35N3O11/c1-15(33)19(24(34)28-6-7-31)29-26(36)27-12-18-20-21(39-14-38-20)23(27)41-30(22(27)25(35)40-18)13-17-4-2-3-16(11-17)5-9-37-10-8-32/h2-5,9,11,15,18-23,31-33H,6-8,10,12-14H2,1H3,(H,28,34)(H,29,36). The van der Waals surface area contributed by atoms with Crippen LogP contribution in [0, 0.1) is 5.41 Å². The van der Waals surface area contributed by atoms with E-state index in [-0.39, 0.29) is 46.1 Å². The van der Waals surface area contributed by atoms with Gasteiger partial charge in [0.2, 0.25) is 11.8 Å². The quantitative estimate of drug-likeness (QED) is 0.107. The predicted octanol–water partition coefficient (Wildman–Crippen LogP) is -1.82. The molecule has 0 aromatic heterocycles. The summed E-state index contributed by atoms with van der Waals surface area (Å²) < 4.78 is 22.5. The first-order valence-corrected chi connectivity index (χ1v) is 13.5. The van der Waals surface area contributed by atoms with Gasteiger partial charge in [0.25, 0.3) is 0 Å². The van der Waals surface area contributed by atoms with E-state index >= 15 is 0 Å². The van der Waals surface area contributed by atoms with Crippen LogP contribution in [0.4, 0.5) is 0 Å². The summed E-state index contributed by atoms with van der Waals surface area (Å²) in [4.78, 5) is 46.7. The highest BCUT2D eigenvalue weighted by Crippen LogP contribution is 2.55. The lowest BCUT2D eigenvalue weighted by atomic mass is 9.62. The molecule has 1 aliphatic carbocycles. The number of benzene rings is 1. The summed E-state index contributed by atoms with van der Waals surface area (Å²) in [5.74, 6) is -2.01. The Morgan fingerprint density at radius 2 is 2.05 bits per heavy atom. The van der Waals surface area contributed by atoms with Gasteiger partial charge in [-0.2, -0.15) is 5.06 Å². The zero-order valence-corrected chi connectivity index (χ0v) is 22.5. The summed E-state index contributed by atoms with van der Waals surface area (Å²) in [5.41, 5.74) is 0.0652. The molecule has 8 atom stereocenters. The minimum absolute atomic E-state index is 0.0573. The van der Waals surface area contributed by atoms with Crippen LogP contribution in [0.25, 0.3) is 6.08 Å². The summed E-state index contributed by atoms with van der Waals surface area (Å²) >= 11 is 0. The Balaban J connectivity index is 1.44. The Morgan fingerprint density at radius 3 is 2.80 bits per heavy atom. The summed E-state index contributed by atoms with van der Waals surface area (Å²) in [6.07, 6.45) is -1.05. The van der Waals surface area contributed by atoms with Gasteiger partial charge in [-0.25, -0.2) is 0 Å². The summed E-state index contributed by atoms with van der Waals surface area (Å²) in [6, 6.07) is 4.87. The topological polar surface area (TPSA) is 185 Å². The van der Waals surface area contributed by atoms with Crippen molar-refractivity contribution >= 4 is 23.9 Å². The number of aliphatic hydroxyl groups is 3. The molecule has 0 radical (unpaired) electrons. The minimum Gasteiger partial charge on any atom is -0.499 e. The molecule has 1 aromatic carbocycles. The molecular formula is C27H35N3O11. The number of hydrogen-bond acceptors (Lipinski definition) is 12. The third-order valence-electron chi connectivity index (χ3n) is 7.81. The molecule has 1 saturated carbocycles. The molecule has 2 bridgehead atoms. The van der Waals surface area contributed by atoms with Crippen LogP contribution in [-0.2, 0) is 44.7 Å². The van der Waals surface area contributed by atoms with Gasteiger partial charge >= 0.3 is 5.97 Å². The van der Waals surface area contributed by atoms with Crippen LogP contribution in [0.5, 0.6) is 0 Å². The zero-order valence-electron chi connectivity index (χ0n) is 22.5. The number of fused-ring (bicyclic) bond motifs is 4. The van der Waals surface area contributed by atoms with Crippen LogP contribution in [0.2, 0.25) is 0 Å². The molecular weight excluding hydrogens is 542 g/mol. The number of rotatable bonds is 12. The summed E-state index contributed by atoms with van der Waals surface area (Å²) in [7, 11) is 0. The van der Waals surface area contributed by atoms with Crippen molar-refractivity contribution in [2.75, 3.05) is 33.2 Å². The van der Waals surface area contributed by atoms with Crippen LogP contribution in [0.1, 0.15) is 24.5 Å². The van der Waals surface area contributed by atoms with Gasteiger partial charge in [0.1, 0.15) is 49.3 Å². The Bertz CT molecular complexity index is 1160. The number of carbonyl (C=O) groups is 3. The van der Waals surface area contributed by atoms with Gasteiger partial charge in [0.05, 0.1) is 32.1 Å². The molecule has 3 aliphatic heterocycles. The number of hydrogen-bond donors (Lipinski definition) is 5. The first kappa shape index (κ1) is 29.4. The number of aliphatic hydroxyl groups excluding tert-OH is 3. The maximum absolute atomic E-state index is 14.1. The third-order valence-corrected chi connectivity index (χ3v) is 7.81. The molecule has 14 heteroatoms. The molecule has 3 saturated heterocycles. The molecule has 224 valence electrons. The average Bonchev–Trinajstić information content (AvgIpc) is 3.57. The Morgan fingerprint density at radius 1 is 1.24 bits per heavy atom. The molecule has 1 aromatic rings. The van der Waals surface area contributed by atoms with Crippen LogP contribution >= 0.6 is 0 Å². The van der Waals surface area contributed by atoms with Gasteiger partial charge in [-0.15, -0.1) is 0 Å².